The Labute approximate surface area is 152 Å². The Balaban J connectivity index is 1.77. The van der Waals surface area contributed by atoms with Crippen molar-refractivity contribution in [2.24, 2.45) is 0 Å². The maximum atomic E-state index is 12.8. The molecule has 1 N–H and O–H groups in total. The summed E-state index contributed by atoms with van der Waals surface area (Å²) in [6.45, 7) is 0.922. The first-order chi connectivity index (χ1) is 12.8. The van der Waals surface area contributed by atoms with Gasteiger partial charge in [-0.1, -0.05) is 36.4 Å². The molecule has 1 amide bonds. The number of methoxy groups -OCH3 is 1. The van der Waals surface area contributed by atoms with Gasteiger partial charge >= 0.3 is 0 Å². The van der Waals surface area contributed by atoms with E-state index in [1.165, 1.54) is 0 Å². The zero-order valence-electron chi connectivity index (χ0n) is 14.6. The van der Waals surface area contributed by atoms with Gasteiger partial charge in [-0.05, 0) is 35.9 Å². The number of ether oxygens (including phenoxy) is 2. The number of carbonyl (C=O) groups excluding carboxylic acids is 1. The summed E-state index contributed by atoms with van der Waals surface area (Å²) in [4.78, 5) is 12.8. The summed E-state index contributed by atoms with van der Waals surface area (Å²) in [5.74, 6) is 1.11. The van der Waals surface area contributed by atoms with E-state index in [4.69, 9.17) is 13.9 Å². The molecular weight excluding hydrogens is 330 g/mol. The molecule has 1 unspecified atom stereocenters. The second kappa shape index (κ2) is 8.87. The molecule has 0 spiro atoms. The molecule has 5 nitrogen and oxygen atoms in total. The van der Waals surface area contributed by atoms with Gasteiger partial charge < -0.3 is 19.2 Å². The largest absolute Gasteiger partial charge is 0.491 e. The van der Waals surface area contributed by atoms with Gasteiger partial charge in [-0.2, -0.15) is 0 Å². The summed E-state index contributed by atoms with van der Waals surface area (Å²) in [6.07, 6.45) is 1.60. The van der Waals surface area contributed by atoms with Crippen molar-refractivity contribution in [2.45, 2.75) is 6.04 Å². The van der Waals surface area contributed by atoms with E-state index in [9.17, 15) is 4.79 Å². The quantitative estimate of drug-likeness (QED) is 0.627. The second-order valence-electron chi connectivity index (χ2n) is 5.70. The Morgan fingerprint density at radius 1 is 1.04 bits per heavy atom. The van der Waals surface area contributed by atoms with Gasteiger partial charge in [0.15, 0.2) is 0 Å². The molecule has 1 heterocycles. The summed E-state index contributed by atoms with van der Waals surface area (Å²) >= 11 is 0. The molecule has 0 saturated heterocycles. The lowest BCUT2D eigenvalue weighted by molar-refractivity contribution is 0.0938. The maximum absolute atomic E-state index is 12.8. The van der Waals surface area contributed by atoms with Gasteiger partial charge in [0.25, 0.3) is 5.91 Å². The molecule has 2 aromatic carbocycles. The molecular formula is C21H21NO4. The van der Waals surface area contributed by atoms with E-state index >= 15 is 0 Å². The van der Waals surface area contributed by atoms with Gasteiger partial charge in [0.05, 0.1) is 12.9 Å². The number of furan rings is 1. The predicted octanol–water partition coefficient (Wildman–Crippen LogP) is 3.82. The van der Waals surface area contributed by atoms with E-state index in [1.54, 1.807) is 31.6 Å². The van der Waals surface area contributed by atoms with Crippen molar-refractivity contribution in [2.75, 3.05) is 20.3 Å². The number of amides is 1. The fourth-order valence-electron chi connectivity index (χ4n) is 2.60. The molecule has 26 heavy (non-hydrogen) atoms. The normalized spacial score (nSPS) is 11.7. The SMILES string of the molecule is COCCOc1cccc(C(=O)NC(c2ccccc2)c2ccco2)c1. The first-order valence-corrected chi connectivity index (χ1v) is 8.39. The van der Waals surface area contributed by atoms with E-state index < -0.39 is 0 Å². The third kappa shape index (κ3) is 4.52. The number of hydrogen-bond donors (Lipinski definition) is 1. The molecule has 5 heteroatoms. The zero-order chi connectivity index (χ0) is 18.2. The second-order valence-corrected chi connectivity index (χ2v) is 5.70. The molecule has 3 aromatic rings. The van der Waals surface area contributed by atoms with Gasteiger partial charge in [-0.3, -0.25) is 4.79 Å². The smallest absolute Gasteiger partial charge is 0.252 e. The minimum Gasteiger partial charge on any atom is -0.491 e. The Morgan fingerprint density at radius 3 is 2.62 bits per heavy atom. The lowest BCUT2D eigenvalue weighted by atomic mass is 10.0. The number of rotatable bonds is 8. The van der Waals surface area contributed by atoms with Gasteiger partial charge in [-0.25, -0.2) is 0 Å². The summed E-state index contributed by atoms with van der Waals surface area (Å²) in [7, 11) is 1.62. The molecule has 0 aliphatic carbocycles. The number of nitrogens with one attached hydrogen (secondary N) is 1. The van der Waals surface area contributed by atoms with Gasteiger partial charge in [0.1, 0.15) is 24.2 Å². The molecule has 3 rings (SSSR count). The summed E-state index contributed by atoms with van der Waals surface area (Å²) in [6, 6.07) is 20.1. The van der Waals surface area contributed by atoms with Gasteiger partial charge in [-0.15, -0.1) is 0 Å². The van der Waals surface area contributed by atoms with Crippen LogP contribution >= 0.6 is 0 Å². The average molecular weight is 351 g/mol. The Bertz CT molecular complexity index is 815. The standard InChI is InChI=1S/C21H21NO4/c1-24-13-14-25-18-10-5-9-17(15-18)21(23)22-20(19-11-6-12-26-19)16-7-3-2-4-8-16/h2-12,15,20H,13-14H2,1H3,(H,22,23). The average Bonchev–Trinajstić information content (AvgIpc) is 3.21. The van der Waals surface area contributed by atoms with Crippen LogP contribution in [-0.2, 0) is 4.74 Å². The first-order valence-electron chi connectivity index (χ1n) is 8.39. The van der Waals surface area contributed by atoms with Crippen molar-refractivity contribution < 1.29 is 18.7 Å². The highest BCUT2D eigenvalue weighted by Gasteiger charge is 2.20. The Morgan fingerprint density at radius 2 is 1.88 bits per heavy atom. The minimum absolute atomic E-state index is 0.201. The summed E-state index contributed by atoms with van der Waals surface area (Å²) in [5.41, 5.74) is 1.47. The van der Waals surface area contributed by atoms with Crippen LogP contribution in [0.3, 0.4) is 0 Å². The highest BCUT2D eigenvalue weighted by molar-refractivity contribution is 5.95. The van der Waals surface area contributed by atoms with E-state index in [0.29, 0.717) is 30.3 Å². The van der Waals surface area contributed by atoms with Crippen LogP contribution < -0.4 is 10.1 Å². The van der Waals surface area contributed by atoms with Crippen LogP contribution in [0.5, 0.6) is 5.75 Å². The van der Waals surface area contributed by atoms with Crippen molar-refractivity contribution in [3.8, 4) is 5.75 Å². The minimum atomic E-state index is -0.364. The van der Waals surface area contributed by atoms with Crippen molar-refractivity contribution in [1.82, 2.24) is 5.32 Å². The Hall–Kier alpha value is -3.05. The van der Waals surface area contributed by atoms with Crippen LogP contribution in [0.25, 0.3) is 0 Å². The van der Waals surface area contributed by atoms with Crippen LogP contribution in [0.4, 0.5) is 0 Å². The van der Waals surface area contributed by atoms with Gasteiger partial charge in [0.2, 0.25) is 0 Å². The number of benzene rings is 2. The lowest BCUT2D eigenvalue weighted by Crippen LogP contribution is -2.29. The molecule has 0 saturated carbocycles. The Kier molecular flexibility index (Phi) is 6.06. The van der Waals surface area contributed by atoms with E-state index in [2.05, 4.69) is 5.32 Å². The van der Waals surface area contributed by atoms with Crippen LogP contribution in [0.2, 0.25) is 0 Å². The van der Waals surface area contributed by atoms with E-state index in [0.717, 1.165) is 5.56 Å². The van der Waals surface area contributed by atoms with Crippen molar-refractivity contribution in [3.63, 3.8) is 0 Å². The molecule has 134 valence electrons. The summed E-state index contributed by atoms with van der Waals surface area (Å²) < 4.78 is 16.1. The topological polar surface area (TPSA) is 60.7 Å². The molecule has 1 atom stereocenters. The predicted molar refractivity (Wildman–Crippen MR) is 98.3 cm³/mol. The summed E-state index contributed by atoms with van der Waals surface area (Å²) in [5, 5.41) is 3.03. The van der Waals surface area contributed by atoms with Crippen molar-refractivity contribution in [3.05, 3.63) is 89.9 Å². The monoisotopic (exact) mass is 351 g/mol. The molecule has 0 aliphatic heterocycles. The first kappa shape index (κ1) is 17.8. The van der Waals surface area contributed by atoms with Crippen LogP contribution in [0.1, 0.15) is 27.7 Å². The number of hydrogen-bond acceptors (Lipinski definition) is 4. The zero-order valence-corrected chi connectivity index (χ0v) is 14.6. The molecule has 0 aliphatic rings. The van der Waals surface area contributed by atoms with Crippen molar-refractivity contribution in [1.29, 1.82) is 0 Å². The fourth-order valence-corrected chi connectivity index (χ4v) is 2.60. The van der Waals surface area contributed by atoms with E-state index in [1.807, 2.05) is 48.5 Å². The van der Waals surface area contributed by atoms with Crippen LogP contribution in [-0.4, -0.2) is 26.2 Å². The highest BCUT2D eigenvalue weighted by Crippen LogP contribution is 2.23. The molecule has 0 fully saturated rings. The molecule has 1 aromatic heterocycles. The molecule has 0 bridgehead atoms. The fraction of sp³-hybridized carbons (Fsp3) is 0.190. The van der Waals surface area contributed by atoms with Crippen LogP contribution in [0.15, 0.2) is 77.4 Å². The lowest BCUT2D eigenvalue weighted by Gasteiger charge is -2.17. The van der Waals surface area contributed by atoms with Gasteiger partial charge in [0, 0.05) is 12.7 Å². The van der Waals surface area contributed by atoms with Crippen LogP contribution in [0, 0.1) is 0 Å². The molecule has 0 radical (unpaired) electrons. The third-order valence-corrected chi connectivity index (χ3v) is 3.89. The maximum Gasteiger partial charge on any atom is 0.252 e. The van der Waals surface area contributed by atoms with E-state index in [-0.39, 0.29) is 11.9 Å². The third-order valence-electron chi connectivity index (χ3n) is 3.89. The van der Waals surface area contributed by atoms with Crippen molar-refractivity contribution >= 4 is 5.91 Å². The highest BCUT2D eigenvalue weighted by atomic mass is 16.5. The number of carbonyl (C=O) groups is 1.